The normalized spacial score (nSPS) is 21.0. The van der Waals surface area contributed by atoms with Crippen LogP contribution >= 0.6 is 11.6 Å². The Morgan fingerprint density at radius 3 is 3.17 bits per heavy atom. The van der Waals surface area contributed by atoms with Crippen LogP contribution in [0.2, 0.25) is 5.02 Å². The molecule has 0 saturated carbocycles. The first-order valence-corrected chi connectivity index (χ1v) is 4.20. The second kappa shape index (κ2) is 3.05. The second-order valence-corrected chi connectivity index (χ2v) is 3.20. The molecule has 0 aromatic heterocycles. The van der Waals surface area contributed by atoms with Crippen LogP contribution in [0.5, 0.6) is 0 Å². The van der Waals surface area contributed by atoms with Crippen molar-refractivity contribution in [3.05, 3.63) is 34.3 Å². The molecular weight excluding hydrogens is 176 g/mol. The molecule has 1 heterocycles. The molecule has 1 aromatic rings. The van der Waals surface area contributed by atoms with E-state index in [1.165, 1.54) is 0 Å². The van der Waals surface area contributed by atoms with E-state index in [1.807, 2.05) is 18.2 Å². The van der Waals surface area contributed by atoms with Crippen LogP contribution < -0.4 is 0 Å². The molecule has 0 amide bonds. The fourth-order valence-corrected chi connectivity index (χ4v) is 1.80. The highest BCUT2D eigenvalue weighted by molar-refractivity contribution is 6.31. The molecule has 1 aliphatic rings. The number of hydrogen-bond donors (Lipinski definition) is 1. The third kappa shape index (κ3) is 1.12. The number of benzene rings is 1. The van der Waals surface area contributed by atoms with Gasteiger partial charge in [-0.25, -0.2) is 0 Å². The molecule has 0 radical (unpaired) electrons. The van der Waals surface area contributed by atoms with Crippen molar-refractivity contribution in [1.82, 2.24) is 0 Å². The number of fused-ring (bicyclic) bond motifs is 1. The van der Waals surface area contributed by atoms with Crippen LogP contribution in [0, 0.1) is 0 Å². The number of halogens is 1. The molecule has 0 aliphatic carbocycles. The monoisotopic (exact) mass is 184 g/mol. The van der Waals surface area contributed by atoms with Gasteiger partial charge in [-0.05, 0) is 11.6 Å². The Hall–Kier alpha value is -0.570. The molecule has 1 atom stereocenters. The summed E-state index contributed by atoms with van der Waals surface area (Å²) in [7, 11) is 0. The van der Waals surface area contributed by atoms with Gasteiger partial charge in [0, 0.05) is 10.6 Å². The lowest BCUT2D eigenvalue weighted by atomic mass is 10.1. The van der Waals surface area contributed by atoms with E-state index in [9.17, 15) is 0 Å². The molecule has 0 fully saturated rings. The zero-order chi connectivity index (χ0) is 8.55. The van der Waals surface area contributed by atoms with E-state index >= 15 is 0 Å². The van der Waals surface area contributed by atoms with Crippen molar-refractivity contribution in [1.29, 1.82) is 0 Å². The highest BCUT2D eigenvalue weighted by Crippen LogP contribution is 2.35. The van der Waals surface area contributed by atoms with Crippen molar-refractivity contribution < 1.29 is 9.84 Å². The quantitative estimate of drug-likeness (QED) is 0.723. The van der Waals surface area contributed by atoms with Crippen molar-refractivity contribution in [3.63, 3.8) is 0 Å². The van der Waals surface area contributed by atoms with E-state index in [0.717, 1.165) is 11.1 Å². The first-order chi connectivity index (χ1) is 5.83. The maximum atomic E-state index is 8.95. The molecule has 2 rings (SSSR count). The summed E-state index contributed by atoms with van der Waals surface area (Å²) >= 11 is 5.95. The van der Waals surface area contributed by atoms with Gasteiger partial charge >= 0.3 is 0 Å². The number of ether oxygens (including phenoxy) is 1. The van der Waals surface area contributed by atoms with Gasteiger partial charge in [0.05, 0.1) is 13.2 Å². The lowest BCUT2D eigenvalue weighted by molar-refractivity contribution is 0.0234. The van der Waals surface area contributed by atoms with Crippen LogP contribution in [0.3, 0.4) is 0 Å². The zero-order valence-electron chi connectivity index (χ0n) is 6.46. The number of aliphatic hydroxyl groups excluding tert-OH is 1. The molecule has 2 nitrogen and oxygen atoms in total. The van der Waals surface area contributed by atoms with Crippen LogP contribution in [-0.4, -0.2) is 11.7 Å². The van der Waals surface area contributed by atoms with Crippen molar-refractivity contribution in [2.75, 3.05) is 6.61 Å². The smallest absolute Gasteiger partial charge is 0.108 e. The van der Waals surface area contributed by atoms with E-state index in [4.69, 9.17) is 21.4 Å². The topological polar surface area (TPSA) is 29.5 Å². The van der Waals surface area contributed by atoms with Gasteiger partial charge in [-0.2, -0.15) is 0 Å². The molecule has 1 N–H and O–H groups in total. The van der Waals surface area contributed by atoms with E-state index in [0.29, 0.717) is 11.6 Å². The third-order valence-electron chi connectivity index (χ3n) is 2.07. The fraction of sp³-hybridized carbons (Fsp3) is 0.333. The van der Waals surface area contributed by atoms with Crippen LogP contribution in [0.25, 0.3) is 0 Å². The van der Waals surface area contributed by atoms with E-state index in [-0.39, 0.29) is 12.7 Å². The molecule has 3 heteroatoms. The maximum absolute atomic E-state index is 8.95. The van der Waals surface area contributed by atoms with E-state index < -0.39 is 0 Å². The minimum Gasteiger partial charge on any atom is -0.393 e. The van der Waals surface area contributed by atoms with Crippen molar-refractivity contribution in [3.8, 4) is 0 Å². The summed E-state index contributed by atoms with van der Waals surface area (Å²) < 4.78 is 5.32. The predicted molar refractivity (Wildman–Crippen MR) is 46.1 cm³/mol. The standard InChI is InChI=1S/C9H9ClO2/c10-7-3-1-2-6-5-12-8(4-11)9(6)7/h1-3,8,11H,4-5H2. The molecule has 12 heavy (non-hydrogen) atoms. The lowest BCUT2D eigenvalue weighted by Gasteiger charge is -2.07. The molecule has 0 saturated heterocycles. The molecule has 64 valence electrons. The SMILES string of the molecule is OCC1OCc2cccc(Cl)c21. The van der Waals surface area contributed by atoms with Gasteiger partial charge in [0.25, 0.3) is 0 Å². The van der Waals surface area contributed by atoms with Crippen molar-refractivity contribution in [2.24, 2.45) is 0 Å². The third-order valence-corrected chi connectivity index (χ3v) is 2.40. The number of hydrogen-bond acceptors (Lipinski definition) is 2. The van der Waals surface area contributed by atoms with Crippen LogP contribution in [-0.2, 0) is 11.3 Å². The summed E-state index contributed by atoms with van der Waals surface area (Å²) in [5.41, 5.74) is 2.03. The van der Waals surface area contributed by atoms with E-state index in [1.54, 1.807) is 0 Å². The average molecular weight is 185 g/mol. The lowest BCUT2D eigenvalue weighted by Crippen LogP contribution is -2.01. The highest BCUT2D eigenvalue weighted by Gasteiger charge is 2.24. The Kier molecular flexibility index (Phi) is 2.05. The van der Waals surface area contributed by atoms with Gasteiger partial charge in [0.2, 0.25) is 0 Å². The van der Waals surface area contributed by atoms with Gasteiger partial charge in [-0.15, -0.1) is 0 Å². The Balaban J connectivity index is 2.48. The first-order valence-electron chi connectivity index (χ1n) is 3.82. The molecule has 1 aromatic carbocycles. The minimum atomic E-state index is -0.228. The molecular formula is C9H9ClO2. The maximum Gasteiger partial charge on any atom is 0.108 e. The van der Waals surface area contributed by atoms with Gasteiger partial charge < -0.3 is 9.84 Å². The summed E-state index contributed by atoms with van der Waals surface area (Å²) in [6.45, 7) is 0.553. The summed E-state index contributed by atoms with van der Waals surface area (Å²) in [6.07, 6.45) is -0.228. The molecule has 0 bridgehead atoms. The van der Waals surface area contributed by atoms with Crippen molar-refractivity contribution >= 4 is 11.6 Å². The predicted octanol–water partition coefficient (Wildman–Crippen LogP) is 1.90. The molecule has 0 spiro atoms. The fourth-order valence-electron chi connectivity index (χ4n) is 1.49. The Bertz CT molecular complexity index is 299. The summed E-state index contributed by atoms with van der Waals surface area (Å²) in [6, 6.07) is 5.68. The van der Waals surface area contributed by atoms with Crippen LogP contribution in [0.15, 0.2) is 18.2 Å². The summed E-state index contributed by atoms with van der Waals surface area (Å²) in [5, 5.41) is 9.64. The number of rotatable bonds is 1. The van der Waals surface area contributed by atoms with E-state index in [2.05, 4.69) is 0 Å². The van der Waals surface area contributed by atoms with Crippen LogP contribution in [0.1, 0.15) is 17.2 Å². The first kappa shape index (κ1) is 8.05. The highest BCUT2D eigenvalue weighted by atomic mass is 35.5. The second-order valence-electron chi connectivity index (χ2n) is 2.79. The Morgan fingerprint density at radius 1 is 1.58 bits per heavy atom. The molecule has 1 aliphatic heterocycles. The average Bonchev–Trinajstić information content (AvgIpc) is 2.49. The summed E-state index contributed by atoms with van der Waals surface area (Å²) in [5.74, 6) is 0. The van der Waals surface area contributed by atoms with Gasteiger partial charge in [-0.1, -0.05) is 23.7 Å². The Labute approximate surface area is 75.7 Å². The van der Waals surface area contributed by atoms with Gasteiger partial charge in [-0.3, -0.25) is 0 Å². The Morgan fingerprint density at radius 2 is 2.42 bits per heavy atom. The largest absolute Gasteiger partial charge is 0.393 e. The molecule has 1 unspecified atom stereocenters. The van der Waals surface area contributed by atoms with Crippen molar-refractivity contribution in [2.45, 2.75) is 12.7 Å². The summed E-state index contributed by atoms with van der Waals surface area (Å²) in [4.78, 5) is 0. The van der Waals surface area contributed by atoms with Crippen LogP contribution in [0.4, 0.5) is 0 Å². The zero-order valence-corrected chi connectivity index (χ0v) is 7.21. The van der Waals surface area contributed by atoms with Gasteiger partial charge in [0.1, 0.15) is 6.10 Å². The van der Waals surface area contributed by atoms with Gasteiger partial charge in [0.15, 0.2) is 0 Å². The minimum absolute atomic E-state index is 0.00324. The number of aliphatic hydroxyl groups is 1.